The van der Waals surface area contributed by atoms with Gasteiger partial charge in [-0.1, -0.05) is 13.3 Å². The first-order chi connectivity index (χ1) is 10.9. The first-order valence-corrected chi connectivity index (χ1v) is 8.01. The van der Waals surface area contributed by atoms with Gasteiger partial charge in [0.25, 0.3) is 0 Å². The van der Waals surface area contributed by atoms with E-state index in [9.17, 15) is 9.59 Å². The van der Waals surface area contributed by atoms with Crippen molar-refractivity contribution < 1.29 is 38.6 Å². The van der Waals surface area contributed by atoms with Gasteiger partial charge >= 0.3 is 12.3 Å². The van der Waals surface area contributed by atoms with Crippen LogP contribution in [0.25, 0.3) is 0 Å². The first kappa shape index (κ1) is 22.5. The van der Waals surface area contributed by atoms with E-state index in [1.165, 1.54) is 0 Å². The van der Waals surface area contributed by atoms with Crippen LogP contribution in [0.2, 0.25) is 0 Å². The molecule has 8 heteroatoms. The Morgan fingerprint density at radius 3 is 1.79 bits per heavy atom. The minimum absolute atomic E-state index is 0.0183. The molecule has 0 aromatic rings. The van der Waals surface area contributed by atoms with Crippen molar-refractivity contribution in [1.29, 1.82) is 0 Å². The van der Waals surface area contributed by atoms with Crippen molar-refractivity contribution in [3.63, 3.8) is 0 Å². The molecule has 0 bridgehead atoms. The van der Waals surface area contributed by atoms with Crippen LogP contribution in [0, 0.1) is 0 Å². The van der Waals surface area contributed by atoms with Crippen LogP contribution in [0.3, 0.4) is 0 Å². The Hall–Kier alpha value is -1.54. The molecule has 0 amide bonds. The molecule has 24 heavy (non-hydrogen) atoms. The third-order valence-electron chi connectivity index (χ3n) is 2.25. The highest BCUT2D eigenvalue weighted by atomic mass is 17.2. The second kappa shape index (κ2) is 10.4. The molecule has 0 fully saturated rings. The molecule has 1 atom stereocenters. The number of ether oxygens (including phenoxy) is 2. The number of carbonyl (C=O) groups is 2. The van der Waals surface area contributed by atoms with Crippen molar-refractivity contribution in [2.75, 3.05) is 6.61 Å². The standard InChI is InChI=1S/C16H30O8/c1-8-9-12(20-14(18)22-24-16(5,6)7)10-11-19-13(17)21-23-15(2,3)4/h12H,8-11H2,1-7H3. The predicted octanol–water partition coefficient (Wildman–Crippen LogP) is 4.31. The summed E-state index contributed by atoms with van der Waals surface area (Å²) in [5.74, 6) is 0. The number of rotatable bonds is 8. The number of hydrogen-bond acceptors (Lipinski definition) is 8. The van der Waals surface area contributed by atoms with Gasteiger partial charge in [0, 0.05) is 6.42 Å². The normalized spacial score (nSPS) is 13.1. The van der Waals surface area contributed by atoms with E-state index < -0.39 is 29.6 Å². The number of hydrogen-bond donors (Lipinski definition) is 0. The molecule has 0 radical (unpaired) electrons. The Morgan fingerprint density at radius 1 is 0.833 bits per heavy atom. The van der Waals surface area contributed by atoms with Gasteiger partial charge in [-0.2, -0.15) is 9.78 Å². The average Bonchev–Trinajstić information content (AvgIpc) is 2.41. The van der Waals surface area contributed by atoms with Crippen LogP contribution in [0.5, 0.6) is 0 Å². The lowest BCUT2D eigenvalue weighted by Crippen LogP contribution is -2.26. The molecular formula is C16H30O8. The minimum Gasteiger partial charge on any atom is -0.432 e. The lowest BCUT2D eigenvalue weighted by atomic mass is 10.1. The van der Waals surface area contributed by atoms with Gasteiger partial charge in [0.1, 0.15) is 17.3 Å². The van der Waals surface area contributed by atoms with Gasteiger partial charge < -0.3 is 9.47 Å². The summed E-state index contributed by atoms with van der Waals surface area (Å²) < 4.78 is 9.99. The van der Waals surface area contributed by atoms with E-state index >= 15 is 0 Å². The van der Waals surface area contributed by atoms with Crippen molar-refractivity contribution >= 4 is 12.3 Å². The summed E-state index contributed by atoms with van der Waals surface area (Å²) in [5, 5.41) is 0. The molecule has 0 aromatic carbocycles. The van der Waals surface area contributed by atoms with Crippen LogP contribution in [0.15, 0.2) is 0 Å². The lowest BCUT2D eigenvalue weighted by Gasteiger charge is -2.20. The second-order valence-electron chi connectivity index (χ2n) is 7.22. The van der Waals surface area contributed by atoms with E-state index in [1.54, 1.807) is 41.5 Å². The van der Waals surface area contributed by atoms with Gasteiger partial charge in [0.05, 0.1) is 6.61 Å². The van der Waals surface area contributed by atoms with Crippen molar-refractivity contribution in [2.45, 2.75) is 85.0 Å². The zero-order chi connectivity index (χ0) is 18.8. The third kappa shape index (κ3) is 14.1. The molecule has 0 aliphatic rings. The van der Waals surface area contributed by atoms with Crippen molar-refractivity contribution in [1.82, 2.24) is 0 Å². The van der Waals surface area contributed by atoms with Gasteiger partial charge in [-0.25, -0.2) is 9.59 Å². The largest absolute Gasteiger partial charge is 0.540 e. The van der Waals surface area contributed by atoms with E-state index in [0.717, 1.165) is 6.42 Å². The molecule has 8 nitrogen and oxygen atoms in total. The summed E-state index contributed by atoms with van der Waals surface area (Å²) in [6.07, 6.45) is -0.636. The number of carbonyl (C=O) groups excluding carboxylic acids is 2. The van der Waals surface area contributed by atoms with E-state index in [-0.39, 0.29) is 6.61 Å². The molecular weight excluding hydrogens is 320 g/mol. The fourth-order valence-corrected chi connectivity index (χ4v) is 1.36. The Labute approximate surface area is 143 Å². The van der Waals surface area contributed by atoms with Gasteiger partial charge in [-0.3, -0.25) is 9.78 Å². The Kier molecular flexibility index (Phi) is 9.69. The van der Waals surface area contributed by atoms with Gasteiger partial charge in [-0.15, -0.1) is 0 Å². The predicted molar refractivity (Wildman–Crippen MR) is 85.0 cm³/mol. The van der Waals surface area contributed by atoms with Crippen LogP contribution in [0.4, 0.5) is 9.59 Å². The topological polar surface area (TPSA) is 89.5 Å². The van der Waals surface area contributed by atoms with E-state index in [1.807, 2.05) is 6.92 Å². The van der Waals surface area contributed by atoms with Gasteiger partial charge in [-0.05, 0) is 48.0 Å². The molecule has 0 aliphatic carbocycles. The van der Waals surface area contributed by atoms with Crippen molar-refractivity contribution in [3.05, 3.63) is 0 Å². The fraction of sp³-hybridized carbons (Fsp3) is 0.875. The highest BCUT2D eigenvalue weighted by Crippen LogP contribution is 2.12. The maximum Gasteiger partial charge on any atom is 0.540 e. The molecule has 0 heterocycles. The van der Waals surface area contributed by atoms with E-state index in [0.29, 0.717) is 12.8 Å². The maximum absolute atomic E-state index is 11.6. The summed E-state index contributed by atoms with van der Waals surface area (Å²) in [6, 6.07) is 0. The smallest absolute Gasteiger partial charge is 0.432 e. The summed E-state index contributed by atoms with van der Waals surface area (Å²) in [4.78, 5) is 41.7. The molecule has 1 unspecified atom stereocenters. The maximum atomic E-state index is 11.6. The molecule has 0 aliphatic heterocycles. The zero-order valence-corrected chi connectivity index (χ0v) is 15.7. The highest BCUT2D eigenvalue weighted by Gasteiger charge is 2.21. The first-order valence-electron chi connectivity index (χ1n) is 8.01. The minimum atomic E-state index is -0.946. The molecule has 0 N–H and O–H groups in total. The third-order valence-corrected chi connectivity index (χ3v) is 2.25. The van der Waals surface area contributed by atoms with Gasteiger partial charge in [0.2, 0.25) is 0 Å². The zero-order valence-electron chi connectivity index (χ0n) is 15.7. The summed E-state index contributed by atoms with van der Waals surface area (Å²) >= 11 is 0. The molecule has 0 saturated carbocycles. The Morgan fingerprint density at radius 2 is 1.33 bits per heavy atom. The Balaban J connectivity index is 4.11. The van der Waals surface area contributed by atoms with Crippen LogP contribution in [0.1, 0.15) is 67.7 Å². The molecule has 0 spiro atoms. The summed E-state index contributed by atoms with van der Waals surface area (Å²) in [6.45, 7) is 12.4. The highest BCUT2D eigenvalue weighted by molar-refractivity contribution is 5.59. The van der Waals surface area contributed by atoms with E-state index in [2.05, 4.69) is 9.78 Å². The SMILES string of the molecule is CCCC(CCOC(=O)OOC(C)(C)C)OC(=O)OOC(C)(C)C. The quantitative estimate of drug-likeness (QED) is 0.363. The van der Waals surface area contributed by atoms with Gasteiger partial charge in [0.15, 0.2) is 0 Å². The van der Waals surface area contributed by atoms with E-state index in [4.69, 9.17) is 19.2 Å². The molecule has 0 saturated heterocycles. The summed E-state index contributed by atoms with van der Waals surface area (Å²) in [7, 11) is 0. The fourth-order valence-electron chi connectivity index (χ4n) is 1.36. The summed E-state index contributed by atoms with van der Waals surface area (Å²) in [5.41, 5.74) is -1.25. The van der Waals surface area contributed by atoms with Crippen molar-refractivity contribution in [3.8, 4) is 0 Å². The van der Waals surface area contributed by atoms with Crippen LogP contribution >= 0.6 is 0 Å². The average molecular weight is 350 g/mol. The monoisotopic (exact) mass is 350 g/mol. The van der Waals surface area contributed by atoms with Crippen molar-refractivity contribution in [2.24, 2.45) is 0 Å². The second-order valence-corrected chi connectivity index (χ2v) is 7.22. The van der Waals surface area contributed by atoms with Crippen LogP contribution < -0.4 is 0 Å². The molecule has 0 aromatic heterocycles. The van der Waals surface area contributed by atoms with Crippen LogP contribution in [-0.2, 0) is 29.0 Å². The molecule has 0 rings (SSSR count). The Bertz CT molecular complexity index is 381. The molecule has 142 valence electrons. The lowest BCUT2D eigenvalue weighted by molar-refractivity contribution is -0.314. The van der Waals surface area contributed by atoms with Crippen LogP contribution in [-0.4, -0.2) is 36.2 Å².